The van der Waals surface area contributed by atoms with Gasteiger partial charge in [0.15, 0.2) is 11.6 Å². The Morgan fingerprint density at radius 1 is 0.796 bits per heavy atom. The predicted octanol–water partition coefficient (Wildman–Crippen LogP) is 7.89. The van der Waals surface area contributed by atoms with Gasteiger partial charge in [-0.05, 0) is 72.4 Å². The van der Waals surface area contributed by atoms with Gasteiger partial charge < -0.3 is 28.7 Å². The van der Waals surface area contributed by atoms with E-state index in [4.69, 9.17) is 18.9 Å². The second-order valence-corrected chi connectivity index (χ2v) is 12.9. The SMILES string of the molecule is CN(CCOc1cccc(OCC2CCC(CN3Cc4ccc(OCc5ccccc5)c(F)c4C3=O)CC2)c1)C(=O)OCc1ccccc1. The second kappa shape index (κ2) is 16.4. The number of hydrogen-bond donors (Lipinski definition) is 0. The van der Waals surface area contributed by atoms with Crippen LogP contribution in [-0.2, 0) is 24.5 Å². The molecule has 0 saturated heterocycles. The van der Waals surface area contributed by atoms with Crippen LogP contribution in [-0.4, -0.2) is 55.2 Å². The summed E-state index contributed by atoms with van der Waals surface area (Å²) < 4.78 is 38.5. The highest BCUT2D eigenvalue weighted by molar-refractivity contribution is 5.99. The summed E-state index contributed by atoms with van der Waals surface area (Å²) in [6.07, 6.45) is 3.60. The third-order valence-corrected chi connectivity index (χ3v) is 9.24. The molecule has 1 aliphatic heterocycles. The van der Waals surface area contributed by atoms with Crippen LogP contribution in [0.5, 0.6) is 17.2 Å². The Labute approximate surface area is 287 Å². The molecule has 1 fully saturated rings. The van der Waals surface area contributed by atoms with E-state index in [1.807, 2.05) is 91.0 Å². The molecule has 49 heavy (non-hydrogen) atoms. The summed E-state index contributed by atoms with van der Waals surface area (Å²) in [5, 5.41) is 0. The summed E-state index contributed by atoms with van der Waals surface area (Å²) in [6.45, 7) is 2.85. The van der Waals surface area contributed by atoms with Crippen LogP contribution in [0.3, 0.4) is 0 Å². The normalized spacial score (nSPS) is 16.9. The van der Waals surface area contributed by atoms with Gasteiger partial charge in [-0.1, -0.05) is 72.8 Å². The summed E-state index contributed by atoms with van der Waals surface area (Å²) >= 11 is 0. The molecule has 1 heterocycles. The van der Waals surface area contributed by atoms with Crippen molar-refractivity contribution in [3.05, 3.63) is 125 Å². The number of ether oxygens (including phenoxy) is 4. The molecule has 1 aliphatic carbocycles. The zero-order chi connectivity index (χ0) is 34.0. The zero-order valence-electron chi connectivity index (χ0n) is 27.9. The first-order valence-corrected chi connectivity index (χ1v) is 17.0. The highest BCUT2D eigenvalue weighted by Gasteiger charge is 2.34. The van der Waals surface area contributed by atoms with Crippen LogP contribution in [0.1, 0.15) is 52.7 Å². The van der Waals surface area contributed by atoms with E-state index in [0.717, 1.165) is 48.1 Å². The number of rotatable bonds is 14. The third-order valence-electron chi connectivity index (χ3n) is 9.24. The van der Waals surface area contributed by atoms with E-state index < -0.39 is 11.9 Å². The quantitative estimate of drug-likeness (QED) is 0.136. The average molecular weight is 667 g/mol. The molecule has 0 aromatic heterocycles. The molecule has 0 N–H and O–H groups in total. The zero-order valence-corrected chi connectivity index (χ0v) is 27.9. The van der Waals surface area contributed by atoms with Crippen molar-refractivity contribution in [2.75, 3.05) is 33.4 Å². The molecule has 256 valence electrons. The van der Waals surface area contributed by atoms with Crippen molar-refractivity contribution in [3.8, 4) is 17.2 Å². The number of hydrogen-bond acceptors (Lipinski definition) is 6. The largest absolute Gasteiger partial charge is 0.493 e. The molecule has 1 saturated carbocycles. The Kier molecular flexibility index (Phi) is 11.3. The van der Waals surface area contributed by atoms with Gasteiger partial charge in [-0.2, -0.15) is 0 Å². The highest BCUT2D eigenvalue weighted by atomic mass is 19.1. The van der Waals surface area contributed by atoms with Crippen molar-refractivity contribution in [1.82, 2.24) is 9.80 Å². The topological polar surface area (TPSA) is 77.5 Å². The molecular formula is C40H43FN2O6. The van der Waals surface area contributed by atoms with Gasteiger partial charge in [0.1, 0.15) is 31.3 Å². The van der Waals surface area contributed by atoms with E-state index in [-0.39, 0.29) is 30.4 Å². The van der Waals surface area contributed by atoms with Gasteiger partial charge in [-0.15, -0.1) is 0 Å². The van der Waals surface area contributed by atoms with Crippen LogP contribution < -0.4 is 14.2 Å². The maximum atomic E-state index is 15.4. The minimum atomic E-state index is -0.567. The fourth-order valence-corrected chi connectivity index (χ4v) is 6.37. The Morgan fingerprint density at radius 2 is 1.45 bits per heavy atom. The lowest BCUT2D eigenvalue weighted by Crippen LogP contribution is -2.32. The number of fused-ring (bicyclic) bond motifs is 1. The summed E-state index contributed by atoms with van der Waals surface area (Å²) in [5.41, 5.74) is 2.74. The molecule has 4 aromatic carbocycles. The Bertz CT molecular complexity index is 1690. The van der Waals surface area contributed by atoms with Gasteiger partial charge in [-0.25, -0.2) is 9.18 Å². The van der Waals surface area contributed by atoms with Crippen LogP contribution in [0.4, 0.5) is 9.18 Å². The summed E-state index contributed by atoms with van der Waals surface area (Å²) in [5.74, 6) is 1.50. The lowest BCUT2D eigenvalue weighted by molar-refractivity contribution is 0.0717. The van der Waals surface area contributed by atoms with Crippen LogP contribution >= 0.6 is 0 Å². The number of likely N-dealkylation sites (N-methyl/N-ethyl adjacent to an activating group) is 1. The van der Waals surface area contributed by atoms with E-state index in [9.17, 15) is 9.59 Å². The predicted molar refractivity (Wildman–Crippen MR) is 184 cm³/mol. The monoisotopic (exact) mass is 666 g/mol. The maximum Gasteiger partial charge on any atom is 0.409 e. The summed E-state index contributed by atoms with van der Waals surface area (Å²) in [7, 11) is 1.69. The van der Waals surface area contributed by atoms with E-state index in [2.05, 4.69) is 0 Å². The number of carbonyl (C=O) groups excluding carboxylic acids is 2. The molecule has 2 aliphatic rings. The molecule has 0 bridgehead atoms. The van der Waals surface area contributed by atoms with Gasteiger partial charge in [0.05, 0.1) is 18.7 Å². The van der Waals surface area contributed by atoms with Gasteiger partial charge in [-0.3, -0.25) is 4.79 Å². The molecule has 0 atom stereocenters. The summed E-state index contributed by atoms with van der Waals surface area (Å²) in [4.78, 5) is 28.8. The Balaban J connectivity index is 0.894. The first-order chi connectivity index (χ1) is 23.9. The lowest BCUT2D eigenvalue weighted by Gasteiger charge is -2.31. The van der Waals surface area contributed by atoms with Crippen LogP contribution in [0, 0.1) is 17.7 Å². The van der Waals surface area contributed by atoms with Crippen molar-refractivity contribution < 1.29 is 32.9 Å². The van der Waals surface area contributed by atoms with Crippen LogP contribution in [0.2, 0.25) is 0 Å². The number of nitrogens with zero attached hydrogens (tertiary/aromatic N) is 2. The first-order valence-electron chi connectivity index (χ1n) is 17.0. The fourth-order valence-electron chi connectivity index (χ4n) is 6.37. The average Bonchev–Trinajstić information content (AvgIpc) is 3.45. The van der Waals surface area contributed by atoms with Crippen LogP contribution in [0.15, 0.2) is 97.1 Å². The van der Waals surface area contributed by atoms with Crippen molar-refractivity contribution in [2.24, 2.45) is 11.8 Å². The van der Waals surface area contributed by atoms with Crippen molar-refractivity contribution in [3.63, 3.8) is 0 Å². The Hall–Kier alpha value is -5.05. The van der Waals surface area contributed by atoms with E-state index in [1.165, 1.54) is 4.90 Å². The number of carbonyl (C=O) groups is 2. The molecule has 0 spiro atoms. The fraction of sp³-hybridized carbons (Fsp3) is 0.350. The smallest absolute Gasteiger partial charge is 0.409 e. The van der Waals surface area contributed by atoms with E-state index >= 15 is 4.39 Å². The highest BCUT2D eigenvalue weighted by Crippen LogP contribution is 2.35. The molecular weight excluding hydrogens is 623 g/mol. The molecule has 9 heteroatoms. The molecule has 0 radical (unpaired) electrons. The minimum Gasteiger partial charge on any atom is -0.493 e. The van der Waals surface area contributed by atoms with Gasteiger partial charge in [0.25, 0.3) is 5.91 Å². The summed E-state index contributed by atoms with van der Waals surface area (Å²) in [6, 6.07) is 30.2. The van der Waals surface area contributed by atoms with Gasteiger partial charge in [0.2, 0.25) is 0 Å². The Morgan fingerprint density at radius 3 is 2.16 bits per heavy atom. The number of halogens is 1. The molecule has 2 amide bonds. The standard InChI is InChI=1S/C40H43FN2O6/c1-42(40(45)49-28-31-11-6-3-7-12-31)21-22-46-34-13-8-14-35(23-34)47-26-32-17-15-29(16-18-32)24-43-25-33-19-20-36(38(41)37(33)39(43)44)48-27-30-9-4-2-5-10-30/h2-14,19-20,23,29,32H,15-18,21-22,24-28H2,1H3. The molecule has 6 rings (SSSR count). The van der Waals surface area contributed by atoms with Crippen LogP contribution in [0.25, 0.3) is 0 Å². The van der Waals surface area contributed by atoms with Crippen molar-refractivity contribution >= 4 is 12.0 Å². The molecule has 8 nitrogen and oxygen atoms in total. The van der Waals surface area contributed by atoms with E-state index in [0.29, 0.717) is 50.4 Å². The minimum absolute atomic E-state index is 0.111. The van der Waals surface area contributed by atoms with Crippen molar-refractivity contribution in [2.45, 2.75) is 45.4 Å². The van der Waals surface area contributed by atoms with Crippen molar-refractivity contribution in [1.29, 1.82) is 0 Å². The second-order valence-electron chi connectivity index (χ2n) is 12.9. The molecule has 0 unspecified atom stereocenters. The van der Waals surface area contributed by atoms with Gasteiger partial charge >= 0.3 is 6.09 Å². The number of amides is 2. The third kappa shape index (κ3) is 9.10. The first kappa shape index (κ1) is 33.8. The molecule has 4 aromatic rings. The number of benzene rings is 4. The lowest BCUT2D eigenvalue weighted by atomic mass is 9.82. The van der Waals surface area contributed by atoms with Gasteiger partial charge in [0, 0.05) is 26.2 Å². The maximum absolute atomic E-state index is 15.4. The van der Waals surface area contributed by atoms with E-state index in [1.54, 1.807) is 18.0 Å².